The molecule has 1 nitrogen and oxygen atoms in total. The van der Waals surface area contributed by atoms with Gasteiger partial charge in [-0.25, -0.2) is 0 Å². The van der Waals surface area contributed by atoms with Crippen LogP contribution in [0.5, 0.6) is 0 Å². The Morgan fingerprint density at radius 3 is 2.82 bits per heavy atom. The lowest BCUT2D eigenvalue weighted by Gasteiger charge is -2.05. The van der Waals surface area contributed by atoms with Gasteiger partial charge in [0.2, 0.25) is 0 Å². The van der Waals surface area contributed by atoms with Crippen LogP contribution in [-0.4, -0.2) is 5.75 Å². The first-order chi connectivity index (χ1) is 5.24. The molecule has 0 radical (unpaired) electrons. The van der Waals surface area contributed by atoms with Crippen LogP contribution in [0.3, 0.4) is 0 Å². The maximum absolute atomic E-state index is 5.82. The predicted molar refractivity (Wildman–Crippen MR) is 54.7 cm³/mol. The third kappa shape index (κ3) is 2.67. The molecule has 4 heteroatoms. The number of hydrogen-bond acceptors (Lipinski definition) is 3. The predicted octanol–water partition coefficient (Wildman–Crippen LogP) is 2.72. The lowest BCUT2D eigenvalue weighted by molar-refractivity contribution is 0.720. The molecule has 62 valence electrons. The minimum atomic E-state index is 0.102. The second-order valence-corrected chi connectivity index (χ2v) is 4.45. The zero-order valence-electron chi connectivity index (χ0n) is 5.96. The van der Waals surface area contributed by atoms with Gasteiger partial charge in [-0.2, -0.15) is 12.6 Å². The van der Waals surface area contributed by atoms with Gasteiger partial charge in [0, 0.05) is 10.9 Å². The summed E-state index contributed by atoms with van der Waals surface area (Å²) in [5.41, 5.74) is 5.82. The minimum Gasteiger partial charge on any atom is -0.323 e. The van der Waals surface area contributed by atoms with E-state index in [0.29, 0.717) is 0 Å². The standard InChI is InChI=1S/C7H10ClNS2/c8-7-2-1-6(11-7)5(9)3-4-10/h1-2,5,10H,3-4,9H2. The van der Waals surface area contributed by atoms with Crippen LogP contribution in [0.1, 0.15) is 17.3 Å². The Morgan fingerprint density at radius 2 is 2.36 bits per heavy atom. The fraction of sp³-hybridized carbons (Fsp3) is 0.429. The molecule has 0 fully saturated rings. The fourth-order valence-corrected chi connectivity index (χ4v) is 2.18. The number of halogens is 1. The minimum absolute atomic E-state index is 0.102. The molecule has 0 spiro atoms. The van der Waals surface area contributed by atoms with E-state index in [1.807, 2.05) is 12.1 Å². The summed E-state index contributed by atoms with van der Waals surface area (Å²) in [5.74, 6) is 0.816. The van der Waals surface area contributed by atoms with Crippen LogP contribution in [0.15, 0.2) is 12.1 Å². The van der Waals surface area contributed by atoms with Gasteiger partial charge in [-0.3, -0.25) is 0 Å². The lowest BCUT2D eigenvalue weighted by atomic mass is 10.2. The van der Waals surface area contributed by atoms with Gasteiger partial charge in [-0.1, -0.05) is 11.6 Å². The molecule has 0 saturated heterocycles. The maximum Gasteiger partial charge on any atom is 0.0931 e. The van der Waals surface area contributed by atoms with E-state index < -0.39 is 0 Å². The van der Waals surface area contributed by atoms with Crippen molar-refractivity contribution in [3.8, 4) is 0 Å². The van der Waals surface area contributed by atoms with Crippen LogP contribution in [0, 0.1) is 0 Å². The second-order valence-electron chi connectivity index (χ2n) is 2.26. The van der Waals surface area contributed by atoms with E-state index in [9.17, 15) is 0 Å². The largest absolute Gasteiger partial charge is 0.323 e. The summed E-state index contributed by atoms with van der Waals surface area (Å²) in [4.78, 5) is 1.14. The second kappa shape index (κ2) is 4.36. The molecule has 1 aromatic heterocycles. The summed E-state index contributed by atoms with van der Waals surface area (Å²) >= 11 is 11.4. The zero-order valence-corrected chi connectivity index (χ0v) is 8.42. The summed E-state index contributed by atoms with van der Waals surface area (Å²) in [6.07, 6.45) is 0.903. The van der Waals surface area contributed by atoms with Crippen molar-refractivity contribution in [1.82, 2.24) is 0 Å². The van der Waals surface area contributed by atoms with Crippen LogP contribution in [-0.2, 0) is 0 Å². The Labute approximate surface area is 81.0 Å². The van der Waals surface area contributed by atoms with Crippen molar-refractivity contribution < 1.29 is 0 Å². The summed E-state index contributed by atoms with van der Waals surface area (Å²) in [6, 6.07) is 3.95. The van der Waals surface area contributed by atoms with E-state index in [1.165, 1.54) is 0 Å². The highest BCUT2D eigenvalue weighted by Gasteiger charge is 2.06. The average molecular weight is 208 g/mol. The van der Waals surface area contributed by atoms with Crippen LogP contribution >= 0.6 is 35.6 Å². The third-order valence-electron chi connectivity index (χ3n) is 1.40. The SMILES string of the molecule is NC(CCS)c1ccc(Cl)s1. The van der Waals surface area contributed by atoms with Crippen LogP contribution < -0.4 is 5.73 Å². The summed E-state index contributed by atoms with van der Waals surface area (Å²) in [5, 5.41) is 0. The maximum atomic E-state index is 5.82. The van der Waals surface area contributed by atoms with Gasteiger partial charge in [0.15, 0.2) is 0 Å². The summed E-state index contributed by atoms with van der Waals surface area (Å²) < 4.78 is 0.801. The first-order valence-electron chi connectivity index (χ1n) is 3.35. The van der Waals surface area contributed by atoms with E-state index in [2.05, 4.69) is 12.6 Å². The van der Waals surface area contributed by atoms with Crippen molar-refractivity contribution in [2.45, 2.75) is 12.5 Å². The Morgan fingerprint density at radius 1 is 1.64 bits per heavy atom. The van der Waals surface area contributed by atoms with Crippen molar-refractivity contribution in [3.05, 3.63) is 21.3 Å². The molecule has 0 aromatic carbocycles. The van der Waals surface area contributed by atoms with Crippen molar-refractivity contribution in [2.75, 3.05) is 5.75 Å². The Balaban J connectivity index is 2.60. The molecule has 0 bridgehead atoms. The number of thiophene rings is 1. The smallest absolute Gasteiger partial charge is 0.0931 e. The molecule has 0 amide bonds. The highest BCUT2D eigenvalue weighted by Crippen LogP contribution is 2.27. The Hall–Kier alpha value is 0.300. The first kappa shape index (κ1) is 9.39. The van der Waals surface area contributed by atoms with Gasteiger partial charge < -0.3 is 5.73 Å². The summed E-state index contributed by atoms with van der Waals surface area (Å²) in [6.45, 7) is 0. The first-order valence-corrected chi connectivity index (χ1v) is 5.18. The molecule has 0 saturated carbocycles. The number of nitrogens with two attached hydrogens (primary N) is 1. The normalized spacial score (nSPS) is 13.4. The highest BCUT2D eigenvalue weighted by molar-refractivity contribution is 7.80. The molecule has 11 heavy (non-hydrogen) atoms. The van der Waals surface area contributed by atoms with E-state index in [1.54, 1.807) is 11.3 Å². The van der Waals surface area contributed by atoms with E-state index in [-0.39, 0.29) is 6.04 Å². The third-order valence-corrected chi connectivity index (χ3v) is 3.02. The quantitative estimate of drug-likeness (QED) is 0.733. The zero-order chi connectivity index (χ0) is 8.27. The Bertz CT molecular complexity index is 224. The van der Waals surface area contributed by atoms with E-state index in [0.717, 1.165) is 21.4 Å². The van der Waals surface area contributed by atoms with Gasteiger partial charge in [-0.05, 0) is 24.3 Å². The molecule has 1 unspecified atom stereocenters. The molecule has 0 aliphatic heterocycles. The van der Waals surface area contributed by atoms with Gasteiger partial charge >= 0.3 is 0 Å². The number of rotatable bonds is 3. The van der Waals surface area contributed by atoms with Crippen molar-refractivity contribution in [2.24, 2.45) is 5.73 Å². The van der Waals surface area contributed by atoms with Crippen molar-refractivity contribution >= 4 is 35.6 Å². The van der Waals surface area contributed by atoms with Crippen LogP contribution in [0.4, 0.5) is 0 Å². The topological polar surface area (TPSA) is 26.0 Å². The molecule has 1 atom stereocenters. The van der Waals surface area contributed by atoms with Crippen LogP contribution in [0.25, 0.3) is 0 Å². The number of hydrogen-bond donors (Lipinski definition) is 2. The molecule has 1 heterocycles. The highest BCUT2D eigenvalue weighted by atomic mass is 35.5. The summed E-state index contributed by atoms with van der Waals surface area (Å²) in [7, 11) is 0. The molecular formula is C7H10ClNS2. The average Bonchev–Trinajstić information content (AvgIpc) is 2.36. The molecule has 0 aliphatic rings. The molecule has 0 aliphatic carbocycles. The van der Waals surface area contributed by atoms with Gasteiger partial charge in [0.05, 0.1) is 4.34 Å². The molecule has 1 aromatic rings. The van der Waals surface area contributed by atoms with Gasteiger partial charge in [0.1, 0.15) is 0 Å². The molecular weight excluding hydrogens is 198 g/mol. The fourth-order valence-electron chi connectivity index (χ4n) is 0.809. The monoisotopic (exact) mass is 207 g/mol. The number of thiol groups is 1. The van der Waals surface area contributed by atoms with Gasteiger partial charge in [-0.15, -0.1) is 11.3 Å². The van der Waals surface area contributed by atoms with E-state index in [4.69, 9.17) is 17.3 Å². The molecule has 2 N–H and O–H groups in total. The van der Waals surface area contributed by atoms with Crippen molar-refractivity contribution in [3.63, 3.8) is 0 Å². The van der Waals surface area contributed by atoms with E-state index >= 15 is 0 Å². The van der Waals surface area contributed by atoms with Crippen molar-refractivity contribution in [1.29, 1.82) is 0 Å². The van der Waals surface area contributed by atoms with Crippen LogP contribution in [0.2, 0.25) is 4.34 Å². The Kier molecular flexibility index (Phi) is 3.72. The molecule has 1 rings (SSSR count). The van der Waals surface area contributed by atoms with Gasteiger partial charge in [0.25, 0.3) is 0 Å². The lowest BCUT2D eigenvalue weighted by Crippen LogP contribution is -2.08.